The van der Waals surface area contributed by atoms with Crippen molar-refractivity contribution in [2.24, 2.45) is 0 Å². The van der Waals surface area contributed by atoms with Gasteiger partial charge in [-0.15, -0.1) is 0 Å². The zero-order valence-corrected chi connectivity index (χ0v) is 8.87. The Balaban J connectivity index is 3.04. The largest absolute Gasteiger partial charge is 0.398 e. The highest BCUT2D eigenvalue weighted by Gasteiger charge is 2.10. The summed E-state index contributed by atoms with van der Waals surface area (Å²) in [4.78, 5) is 11.1. The van der Waals surface area contributed by atoms with Crippen LogP contribution in [-0.2, 0) is 0 Å². The van der Waals surface area contributed by atoms with Crippen molar-refractivity contribution in [2.75, 3.05) is 5.73 Å². The monoisotopic (exact) mass is 199 g/mol. The highest BCUT2D eigenvalue weighted by molar-refractivity contribution is 6.05. The maximum Gasteiger partial charge on any atom is 0.150 e. The predicted octanol–water partition coefficient (Wildman–Crippen LogP) is 2.85. The second-order valence-electron chi connectivity index (χ2n) is 3.74. The fourth-order valence-electron chi connectivity index (χ4n) is 1.91. The Kier molecular flexibility index (Phi) is 2.19. The average Bonchev–Trinajstić information content (AvgIpc) is 2.27. The van der Waals surface area contributed by atoms with Crippen LogP contribution in [0.3, 0.4) is 0 Å². The lowest BCUT2D eigenvalue weighted by molar-refractivity contribution is 0.112. The smallest absolute Gasteiger partial charge is 0.150 e. The lowest BCUT2D eigenvalue weighted by Gasteiger charge is -2.12. The van der Waals surface area contributed by atoms with Crippen LogP contribution in [0.5, 0.6) is 0 Å². The Labute approximate surface area is 88.7 Å². The predicted molar refractivity (Wildman–Crippen MR) is 63.2 cm³/mol. The summed E-state index contributed by atoms with van der Waals surface area (Å²) in [6, 6.07) is 7.73. The lowest BCUT2D eigenvalue weighted by Crippen LogP contribution is -1.99. The molecule has 0 amide bonds. The average molecular weight is 199 g/mol. The minimum absolute atomic E-state index is 0.748. The first-order valence-electron chi connectivity index (χ1n) is 4.89. The highest BCUT2D eigenvalue weighted by atomic mass is 16.1. The van der Waals surface area contributed by atoms with Gasteiger partial charge in [-0.05, 0) is 30.4 Å². The van der Waals surface area contributed by atoms with Gasteiger partial charge in [-0.25, -0.2) is 0 Å². The minimum Gasteiger partial charge on any atom is -0.398 e. The molecule has 0 heterocycles. The number of rotatable bonds is 1. The van der Waals surface area contributed by atoms with Gasteiger partial charge in [-0.2, -0.15) is 0 Å². The molecule has 0 fully saturated rings. The number of nitrogen functional groups attached to an aromatic ring is 1. The van der Waals surface area contributed by atoms with E-state index in [1.54, 1.807) is 0 Å². The van der Waals surface area contributed by atoms with Gasteiger partial charge in [-0.1, -0.05) is 24.3 Å². The van der Waals surface area contributed by atoms with E-state index in [-0.39, 0.29) is 0 Å². The minimum atomic E-state index is 0.748. The number of carbonyl (C=O) groups excluding carboxylic acids is 1. The van der Waals surface area contributed by atoms with Crippen molar-refractivity contribution in [2.45, 2.75) is 13.8 Å². The Morgan fingerprint density at radius 1 is 1.07 bits per heavy atom. The summed E-state index contributed by atoms with van der Waals surface area (Å²) >= 11 is 0. The Bertz CT molecular complexity index is 544. The Morgan fingerprint density at radius 2 is 1.67 bits per heavy atom. The van der Waals surface area contributed by atoms with E-state index in [2.05, 4.69) is 0 Å². The molecule has 0 atom stereocenters. The van der Waals surface area contributed by atoms with Crippen molar-refractivity contribution in [3.8, 4) is 0 Å². The summed E-state index contributed by atoms with van der Waals surface area (Å²) in [5.41, 5.74) is 9.52. The van der Waals surface area contributed by atoms with Crippen LogP contribution in [-0.4, -0.2) is 6.29 Å². The summed E-state index contributed by atoms with van der Waals surface area (Å²) in [5, 5.41) is 1.90. The van der Waals surface area contributed by atoms with Crippen molar-refractivity contribution < 1.29 is 4.79 Å². The zero-order chi connectivity index (χ0) is 11.0. The van der Waals surface area contributed by atoms with Gasteiger partial charge in [0.05, 0.1) is 0 Å². The number of hydrogen-bond acceptors (Lipinski definition) is 2. The van der Waals surface area contributed by atoms with Crippen LogP contribution in [0.4, 0.5) is 5.69 Å². The molecule has 76 valence electrons. The molecule has 0 unspecified atom stereocenters. The van der Waals surface area contributed by atoms with E-state index < -0.39 is 0 Å². The van der Waals surface area contributed by atoms with E-state index in [1.165, 1.54) is 0 Å². The SMILES string of the molecule is Cc1c(C)c(C=O)c2ccccc2c1N. The number of anilines is 1. The van der Waals surface area contributed by atoms with Gasteiger partial charge in [-0.3, -0.25) is 4.79 Å². The third-order valence-corrected chi connectivity index (χ3v) is 3.00. The molecule has 2 nitrogen and oxygen atoms in total. The van der Waals surface area contributed by atoms with Gasteiger partial charge in [0.2, 0.25) is 0 Å². The van der Waals surface area contributed by atoms with Gasteiger partial charge in [0.1, 0.15) is 0 Å². The molecule has 0 aliphatic carbocycles. The fraction of sp³-hybridized carbons (Fsp3) is 0.154. The first-order valence-corrected chi connectivity index (χ1v) is 4.89. The summed E-state index contributed by atoms with van der Waals surface area (Å²) in [7, 11) is 0. The van der Waals surface area contributed by atoms with Crippen LogP contribution >= 0.6 is 0 Å². The molecule has 0 aliphatic rings. The number of carbonyl (C=O) groups is 1. The zero-order valence-electron chi connectivity index (χ0n) is 8.87. The van der Waals surface area contributed by atoms with Crippen LogP contribution in [0.1, 0.15) is 21.5 Å². The van der Waals surface area contributed by atoms with Crippen molar-refractivity contribution in [1.29, 1.82) is 0 Å². The molecule has 2 heteroatoms. The van der Waals surface area contributed by atoms with Gasteiger partial charge < -0.3 is 5.73 Å². The molecular weight excluding hydrogens is 186 g/mol. The molecule has 0 aliphatic heterocycles. The number of nitrogens with two attached hydrogens (primary N) is 1. The maximum atomic E-state index is 11.1. The normalized spacial score (nSPS) is 10.5. The molecule has 0 saturated carbocycles. The van der Waals surface area contributed by atoms with Crippen LogP contribution < -0.4 is 5.73 Å². The Hall–Kier alpha value is -1.83. The molecule has 2 aromatic rings. The molecule has 15 heavy (non-hydrogen) atoms. The fourth-order valence-corrected chi connectivity index (χ4v) is 1.91. The van der Waals surface area contributed by atoms with E-state index in [0.29, 0.717) is 0 Å². The first kappa shape index (κ1) is 9.71. The molecule has 0 radical (unpaired) electrons. The third kappa shape index (κ3) is 1.30. The van der Waals surface area contributed by atoms with Crippen molar-refractivity contribution in [3.63, 3.8) is 0 Å². The standard InChI is InChI=1S/C13H13NO/c1-8-9(2)13(14)11-6-4-3-5-10(11)12(8)7-15/h3-7H,14H2,1-2H3. The molecule has 2 N–H and O–H groups in total. The van der Waals surface area contributed by atoms with E-state index in [0.717, 1.165) is 39.4 Å². The molecule has 0 saturated heterocycles. The first-order chi connectivity index (χ1) is 7.16. The van der Waals surface area contributed by atoms with Crippen molar-refractivity contribution in [3.05, 3.63) is 41.0 Å². The van der Waals surface area contributed by atoms with Crippen LogP contribution in [0, 0.1) is 13.8 Å². The summed E-state index contributed by atoms with van der Waals surface area (Å²) < 4.78 is 0. The summed E-state index contributed by atoms with van der Waals surface area (Å²) in [6.07, 6.45) is 0.907. The van der Waals surface area contributed by atoms with Gasteiger partial charge >= 0.3 is 0 Å². The second kappa shape index (κ2) is 3.39. The second-order valence-corrected chi connectivity index (χ2v) is 3.74. The summed E-state index contributed by atoms with van der Waals surface area (Å²) in [6.45, 7) is 3.88. The van der Waals surface area contributed by atoms with Crippen molar-refractivity contribution >= 4 is 22.7 Å². The quantitative estimate of drug-likeness (QED) is 0.567. The Morgan fingerprint density at radius 3 is 2.27 bits per heavy atom. The lowest BCUT2D eigenvalue weighted by atomic mass is 9.94. The van der Waals surface area contributed by atoms with Crippen LogP contribution in [0.2, 0.25) is 0 Å². The molecule has 2 aromatic carbocycles. The third-order valence-electron chi connectivity index (χ3n) is 3.00. The van der Waals surface area contributed by atoms with Crippen LogP contribution in [0.15, 0.2) is 24.3 Å². The van der Waals surface area contributed by atoms with Gasteiger partial charge in [0.15, 0.2) is 6.29 Å². The number of hydrogen-bond donors (Lipinski definition) is 1. The molecule has 0 bridgehead atoms. The molecule has 2 rings (SSSR count). The van der Waals surface area contributed by atoms with E-state index in [1.807, 2.05) is 38.1 Å². The summed E-state index contributed by atoms with van der Waals surface area (Å²) in [5.74, 6) is 0. The molecular formula is C13H13NO. The maximum absolute atomic E-state index is 11.1. The van der Waals surface area contributed by atoms with Crippen LogP contribution in [0.25, 0.3) is 10.8 Å². The van der Waals surface area contributed by atoms with E-state index in [9.17, 15) is 4.79 Å². The number of fused-ring (bicyclic) bond motifs is 1. The van der Waals surface area contributed by atoms with E-state index >= 15 is 0 Å². The van der Waals surface area contributed by atoms with E-state index in [4.69, 9.17) is 5.73 Å². The van der Waals surface area contributed by atoms with Crippen molar-refractivity contribution in [1.82, 2.24) is 0 Å². The van der Waals surface area contributed by atoms with Gasteiger partial charge in [0, 0.05) is 16.6 Å². The number of aldehydes is 1. The highest BCUT2D eigenvalue weighted by Crippen LogP contribution is 2.30. The topological polar surface area (TPSA) is 43.1 Å². The molecule has 0 spiro atoms. The number of benzene rings is 2. The van der Waals surface area contributed by atoms with Gasteiger partial charge in [0.25, 0.3) is 0 Å². The molecule has 0 aromatic heterocycles.